The Labute approximate surface area is 120 Å². The molecular formula is C17H22N2O. The lowest BCUT2D eigenvalue weighted by molar-refractivity contribution is 0.269. The maximum Gasteiger partial charge on any atom is 0.175 e. The topological polar surface area (TPSA) is 52.0 Å². The molecule has 1 atom stereocenters. The maximum atomic E-state index is 6.06. The Hall–Kier alpha value is -1.77. The van der Waals surface area contributed by atoms with Crippen LogP contribution in [-0.2, 0) is 0 Å². The molecule has 3 rings (SSSR count). The molecule has 3 heteroatoms. The van der Waals surface area contributed by atoms with Crippen molar-refractivity contribution in [1.82, 2.24) is 5.16 Å². The minimum atomic E-state index is 0.255. The second kappa shape index (κ2) is 4.65. The molecule has 0 spiro atoms. The van der Waals surface area contributed by atoms with Gasteiger partial charge in [0.2, 0.25) is 0 Å². The van der Waals surface area contributed by atoms with E-state index < -0.39 is 0 Å². The van der Waals surface area contributed by atoms with Crippen LogP contribution in [0.1, 0.15) is 50.4 Å². The fraction of sp³-hybridized carbons (Fsp3) is 0.471. The number of anilines is 1. The summed E-state index contributed by atoms with van der Waals surface area (Å²) >= 11 is 0. The van der Waals surface area contributed by atoms with Crippen LogP contribution in [0.15, 0.2) is 28.8 Å². The number of nitrogens with zero attached hydrogens (tertiary/aromatic N) is 1. The summed E-state index contributed by atoms with van der Waals surface area (Å²) in [5, 5.41) is 4.03. The van der Waals surface area contributed by atoms with Gasteiger partial charge in [0.1, 0.15) is 5.76 Å². The molecule has 1 heterocycles. The summed E-state index contributed by atoms with van der Waals surface area (Å²) < 4.78 is 5.62. The summed E-state index contributed by atoms with van der Waals surface area (Å²) in [5.41, 5.74) is 9.65. The number of aryl methyl sites for hydroxylation is 1. The van der Waals surface area contributed by atoms with Gasteiger partial charge in [-0.3, -0.25) is 0 Å². The number of hydrogen-bond acceptors (Lipinski definition) is 3. The SMILES string of the molecule is Cc1ccc(-c2c(N)noc2C2CCCC2(C)C)cc1. The lowest BCUT2D eigenvalue weighted by Crippen LogP contribution is -2.15. The third-order valence-corrected chi connectivity index (χ3v) is 4.66. The molecule has 3 nitrogen and oxygen atoms in total. The van der Waals surface area contributed by atoms with E-state index in [4.69, 9.17) is 10.3 Å². The molecule has 0 saturated heterocycles. The van der Waals surface area contributed by atoms with Crippen molar-refractivity contribution in [2.75, 3.05) is 5.73 Å². The summed E-state index contributed by atoms with van der Waals surface area (Å²) in [6.07, 6.45) is 3.62. The van der Waals surface area contributed by atoms with Crippen LogP contribution in [0.25, 0.3) is 11.1 Å². The smallest absolute Gasteiger partial charge is 0.175 e. The quantitative estimate of drug-likeness (QED) is 0.872. The molecule has 2 N–H and O–H groups in total. The third kappa shape index (κ3) is 2.11. The van der Waals surface area contributed by atoms with Gasteiger partial charge in [-0.25, -0.2) is 0 Å². The van der Waals surface area contributed by atoms with Gasteiger partial charge in [0.25, 0.3) is 0 Å². The zero-order valence-corrected chi connectivity index (χ0v) is 12.4. The fourth-order valence-corrected chi connectivity index (χ4v) is 3.38. The highest BCUT2D eigenvalue weighted by molar-refractivity contribution is 5.76. The average molecular weight is 270 g/mol. The van der Waals surface area contributed by atoms with E-state index in [9.17, 15) is 0 Å². The van der Waals surface area contributed by atoms with Crippen LogP contribution in [-0.4, -0.2) is 5.16 Å². The van der Waals surface area contributed by atoms with E-state index in [1.54, 1.807) is 0 Å². The lowest BCUT2D eigenvalue weighted by atomic mass is 9.79. The zero-order chi connectivity index (χ0) is 14.3. The maximum absolute atomic E-state index is 6.06. The van der Waals surface area contributed by atoms with Gasteiger partial charge in [-0.2, -0.15) is 0 Å². The Bertz CT molecular complexity index is 610. The molecule has 1 aromatic heterocycles. The number of nitrogen functional groups attached to an aromatic ring is 1. The molecule has 1 aromatic carbocycles. The van der Waals surface area contributed by atoms with E-state index in [1.807, 2.05) is 0 Å². The number of aromatic nitrogens is 1. The van der Waals surface area contributed by atoms with Gasteiger partial charge in [0.15, 0.2) is 5.82 Å². The molecule has 2 aromatic rings. The standard InChI is InChI=1S/C17H22N2O/c1-11-6-8-12(9-7-11)14-15(20-19-16(14)18)13-5-4-10-17(13,2)3/h6-9,13H,4-5,10H2,1-3H3,(H2,18,19). The van der Waals surface area contributed by atoms with E-state index in [-0.39, 0.29) is 5.41 Å². The Morgan fingerprint density at radius 3 is 2.55 bits per heavy atom. The molecule has 20 heavy (non-hydrogen) atoms. The first kappa shape index (κ1) is 13.2. The first-order valence-electron chi connectivity index (χ1n) is 7.31. The second-order valence-corrected chi connectivity index (χ2v) is 6.61. The summed E-state index contributed by atoms with van der Waals surface area (Å²) in [4.78, 5) is 0. The van der Waals surface area contributed by atoms with Crippen molar-refractivity contribution in [3.63, 3.8) is 0 Å². The van der Waals surface area contributed by atoms with Gasteiger partial charge in [-0.1, -0.05) is 55.3 Å². The minimum absolute atomic E-state index is 0.255. The normalized spacial score (nSPS) is 21.2. The molecule has 106 valence electrons. The van der Waals surface area contributed by atoms with Gasteiger partial charge in [-0.05, 0) is 30.7 Å². The van der Waals surface area contributed by atoms with Crippen LogP contribution >= 0.6 is 0 Å². The molecular weight excluding hydrogens is 248 g/mol. The zero-order valence-electron chi connectivity index (χ0n) is 12.4. The molecule has 1 fully saturated rings. The highest BCUT2D eigenvalue weighted by Gasteiger charge is 2.40. The number of nitrogens with two attached hydrogens (primary N) is 1. The van der Waals surface area contributed by atoms with Crippen LogP contribution in [0.4, 0.5) is 5.82 Å². The van der Waals surface area contributed by atoms with Crippen molar-refractivity contribution >= 4 is 5.82 Å². The van der Waals surface area contributed by atoms with Gasteiger partial charge in [0.05, 0.1) is 5.56 Å². The van der Waals surface area contributed by atoms with E-state index in [1.165, 1.54) is 18.4 Å². The van der Waals surface area contributed by atoms with Gasteiger partial charge < -0.3 is 10.3 Å². The Morgan fingerprint density at radius 2 is 1.95 bits per heavy atom. The minimum Gasteiger partial charge on any atom is -0.380 e. The molecule has 1 aliphatic carbocycles. The van der Waals surface area contributed by atoms with E-state index >= 15 is 0 Å². The number of hydrogen-bond donors (Lipinski definition) is 1. The molecule has 1 unspecified atom stereocenters. The second-order valence-electron chi connectivity index (χ2n) is 6.61. The first-order chi connectivity index (χ1) is 9.49. The predicted molar refractivity (Wildman–Crippen MR) is 81.5 cm³/mol. The summed E-state index contributed by atoms with van der Waals surface area (Å²) in [5.74, 6) is 1.88. The first-order valence-corrected chi connectivity index (χ1v) is 7.31. The van der Waals surface area contributed by atoms with Crippen LogP contribution in [0.5, 0.6) is 0 Å². The van der Waals surface area contributed by atoms with Gasteiger partial charge in [-0.15, -0.1) is 0 Å². The predicted octanol–water partition coefficient (Wildman–Crippen LogP) is 4.53. The fourth-order valence-electron chi connectivity index (χ4n) is 3.38. The van der Waals surface area contributed by atoms with Crippen LogP contribution in [0, 0.1) is 12.3 Å². The van der Waals surface area contributed by atoms with E-state index in [2.05, 4.69) is 50.2 Å². The Balaban J connectivity index is 2.08. The van der Waals surface area contributed by atoms with Crippen LogP contribution < -0.4 is 5.73 Å². The monoisotopic (exact) mass is 270 g/mol. The number of rotatable bonds is 2. The van der Waals surface area contributed by atoms with Gasteiger partial charge >= 0.3 is 0 Å². The van der Waals surface area contributed by atoms with E-state index in [0.717, 1.165) is 23.3 Å². The molecule has 1 saturated carbocycles. The van der Waals surface area contributed by atoms with E-state index in [0.29, 0.717) is 11.7 Å². The summed E-state index contributed by atoms with van der Waals surface area (Å²) in [7, 11) is 0. The number of benzene rings is 1. The summed E-state index contributed by atoms with van der Waals surface area (Å²) in [6.45, 7) is 6.70. The highest BCUT2D eigenvalue weighted by Crippen LogP contribution is 2.51. The third-order valence-electron chi connectivity index (χ3n) is 4.66. The molecule has 1 aliphatic rings. The summed E-state index contributed by atoms with van der Waals surface area (Å²) in [6, 6.07) is 8.41. The lowest BCUT2D eigenvalue weighted by Gasteiger charge is -2.25. The Morgan fingerprint density at radius 1 is 1.25 bits per heavy atom. The van der Waals surface area contributed by atoms with Crippen molar-refractivity contribution in [1.29, 1.82) is 0 Å². The highest BCUT2D eigenvalue weighted by atomic mass is 16.5. The van der Waals surface area contributed by atoms with Crippen molar-refractivity contribution in [3.8, 4) is 11.1 Å². The molecule has 0 aliphatic heterocycles. The average Bonchev–Trinajstić information content (AvgIpc) is 2.93. The van der Waals surface area contributed by atoms with Gasteiger partial charge in [0, 0.05) is 5.92 Å². The molecule has 0 radical (unpaired) electrons. The largest absolute Gasteiger partial charge is 0.380 e. The van der Waals surface area contributed by atoms with Crippen molar-refractivity contribution in [2.24, 2.45) is 5.41 Å². The van der Waals surface area contributed by atoms with Crippen LogP contribution in [0.3, 0.4) is 0 Å². The van der Waals surface area contributed by atoms with Crippen molar-refractivity contribution in [3.05, 3.63) is 35.6 Å². The van der Waals surface area contributed by atoms with Crippen molar-refractivity contribution < 1.29 is 4.52 Å². The Kier molecular flexibility index (Phi) is 3.08. The molecule has 0 bridgehead atoms. The van der Waals surface area contributed by atoms with Crippen LogP contribution in [0.2, 0.25) is 0 Å². The molecule has 0 amide bonds. The van der Waals surface area contributed by atoms with Crippen molar-refractivity contribution in [2.45, 2.75) is 46.0 Å².